The Morgan fingerprint density at radius 3 is 3.05 bits per heavy atom. The zero-order chi connectivity index (χ0) is 12.8. The molecule has 19 heavy (non-hydrogen) atoms. The molecule has 4 rings (SSSR count). The van der Waals surface area contributed by atoms with Crippen molar-refractivity contribution in [2.75, 3.05) is 0 Å². The zero-order valence-corrected chi connectivity index (χ0v) is 9.57. The van der Waals surface area contributed by atoms with Gasteiger partial charge < -0.3 is 4.42 Å². The first-order valence-corrected chi connectivity index (χ1v) is 5.60. The number of nitrogens with zero attached hydrogens (tertiary/aromatic N) is 4. The van der Waals surface area contributed by atoms with Crippen LogP contribution in [0.2, 0.25) is 0 Å². The van der Waals surface area contributed by atoms with E-state index in [1.54, 1.807) is 24.4 Å². The van der Waals surface area contributed by atoms with Gasteiger partial charge in [-0.15, -0.1) is 5.10 Å². The molecule has 0 atom stereocenters. The van der Waals surface area contributed by atoms with E-state index in [0.29, 0.717) is 22.9 Å². The molecule has 0 bridgehead atoms. The first kappa shape index (κ1) is 10.0. The lowest BCUT2D eigenvalue weighted by Gasteiger charge is -1.96. The fraction of sp³-hybridized carbons (Fsp3) is 0. The summed E-state index contributed by atoms with van der Waals surface area (Å²) in [6, 6.07) is 7.09. The number of H-pyrrole nitrogens is 1. The summed E-state index contributed by atoms with van der Waals surface area (Å²) in [5.74, 6) is 0.881. The molecule has 4 aromatic rings. The zero-order valence-electron chi connectivity index (χ0n) is 9.57. The highest BCUT2D eigenvalue weighted by Crippen LogP contribution is 2.18. The van der Waals surface area contributed by atoms with E-state index in [9.17, 15) is 4.79 Å². The number of hydrogen-bond acceptors (Lipinski definition) is 5. The van der Waals surface area contributed by atoms with Crippen LogP contribution in [0.25, 0.3) is 28.3 Å². The van der Waals surface area contributed by atoms with Gasteiger partial charge in [0.05, 0.1) is 11.6 Å². The topological polar surface area (TPSA) is 89.1 Å². The molecular formula is C12H7N5O2. The van der Waals surface area contributed by atoms with E-state index >= 15 is 0 Å². The van der Waals surface area contributed by atoms with Crippen LogP contribution >= 0.6 is 0 Å². The molecule has 4 aromatic heterocycles. The summed E-state index contributed by atoms with van der Waals surface area (Å²) < 4.78 is 6.45. The van der Waals surface area contributed by atoms with Gasteiger partial charge in [0.25, 0.3) is 0 Å². The van der Waals surface area contributed by atoms with Crippen LogP contribution in [-0.2, 0) is 0 Å². The van der Waals surface area contributed by atoms with Gasteiger partial charge in [-0.1, -0.05) is 0 Å². The highest BCUT2D eigenvalue weighted by atomic mass is 16.3. The van der Waals surface area contributed by atoms with Gasteiger partial charge in [0.15, 0.2) is 11.4 Å². The molecule has 0 aliphatic carbocycles. The highest BCUT2D eigenvalue weighted by Gasteiger charge is 2.13. The highest BCUT2D eigenvalue weighted by molar-refractivity contribution is 5.88. The number of fused-ring (bicyclic) bond motifs is 3. The van der Waals surface area contributed by atoms with Crippen LogP contribution < -0.4 is 5.69 Å². The SMILES string of the molecule is O=c1[nH]c2ncccc2c2nc(-c3ccco3)nn12. The quantitative estimate of drug-likeness (QED) is 0.551. The molecule has 1 N–H and O–H groups in total. The molecule has 0 radical (unpaired) electrons. The number of pyridine rings is 1. The second-order valence-electron chi connectivity index (χ2n) is 3.98. The molecule has 4 heterocycles. The Labute approximate surface area is 105 Å². The summed E-state index contributed by atoms with van der Waals surface area (Å²) in [4.78, 5) is 23.0. The number of aromatic nitrogens is 5. The lowest BCUT2D eigenvalue weighted by Crippen LogP contribution is -2.17. The lowest BCUT2D eigenvalue weighted by molar-refractivity contribution is 0.577. The van der Waals surface area contributed by atoms with Crippen LogP contribution in [0.5, 0.6) is 0 Å². The Morgan fingerprint density at radius 1 is 1.26 bits per heavy atom. The van der Waals surface area contributed by atoms with Crippen molar-refractivity contribution >= 4 is 16.7 Å². The maximum atomic E-state index is 11.9. The Kier molecular flexibility index (Phi) is 1.85. The Morgan fingerprint density at radius 2 is 2.21 bits per heavy atom. The maximum absolute atomic E-state index is 11.9. The summed E-state index contributed by atoms with van der Waals surface area (Å²) >= 11 is 0. The number of furan rings is 1. The predicted octanol–water partition coefficient (Wildman–Crippen LogP) is 1.23. The molecule has 0 saturated heterocycles. The Hall–Kier alpha value is -2.96. The summed E-state index contributed by atoms with van der Waals surface area (Å²) in [5.41, 5.74) is 0.558. The van der Waals surface area contributed by atoms with Gasteiger partial charge in [-0.25, -0.2) is 14.8 Å². The van der Waals surface area contributed by atoms with Crippen molar-refractivity contribution in [3.63, 3.8) is 0 Å². The van der Waals surface area contributed by atoms with Gasteiger partial charge in [-0.3, -0.25) is 4.98 Å². The number of rotatable bonds is 1. The molecule has 0 unspecified atom stereocenters. The number of nitrogens with one attached hydrogen (secondary N) is 1. The summed E-state index contributed by atoms with van der Waals surface area (Å²) in [5, 5.41) is 4.87. The Bertz CT molecular complexity index is 936. The molecule has 0 spiro atoms. The summed E-state index contributed by atoms with van der Waals surface area (Å²) in [6.45, 7) is 0. The van der Waals surface area contributed by atoms with Crippen molar-refractivity contribution in [2.24, 2.45) is 0 Å². The van der Waals surface area contributed by atoms with E-state index < -0.39 is 0 Å². The monoisotopic (exact) mass is 253 g/mol. The molecular weight excluding hydrogens is 246 g/mol. The van der Waals surface area contributed by atoms with Crippen LogP contribution in [0.15, 0.2) is 45.9 Å². The smallest absolute Gasteiger partial charge is 0.349 e. The van der Waals surface area contributed by atoms with Gasteiger partial charge in [0.1, 0.15) is 5.65 Å². The molecule has 0 aliphatic rings. The minimum absolute atomic E-state index is 0.367. The normalized spacial score (nSPS) is 11.4. The second kappa shape index (κ2) is 3.52. The molecule has 0 amide bonds. The van der Waals surface area contributed by atoms with Crippen molar-refractivity contribution in [1.29, 1.82) is 0 Å². The molecule has 7 heteroatoms. The van der Waals surface area contributed by atoms with Crippen molar-refractivity contribution in [3.05, 3.63) is 47.2 Å². The van der Waals surface area contributed by atoms with Crippen LogP contribution in [-0.4, -0.2) is 24.6 Å². The van der Waals surface area contributed by atoms with Gasteiger partial charge >= 0.3 is 5.69 Å². The molecule has 0 fully saturated rings. The standard InChI is InChI=1S/C12H7N5O2/c18-12-15-9-7(3-1-5-13-9)11-14-10(16-17(11)12)8-4-2-6-19-8/h1-6H,(H,13,15,18). The third-order valence-corrected chi connectivity index (χ3v) is 2.82. The van der Waals surface area contributed by atoms with Crippen molar-refractivity contribution in [3.8, 4) is 11.6 Å². The molecule has 0 aromatic carbocycles. The fourth-order valence-corrected chi connectivity index (χ4v) is 1.98. The molecule has 0 aliphatic heterocycles. The third-order valence-electron chi connectivity index (χ3n) is 2.82. The average molecular weight is 253 g/mol. The van der Waals surface area contributed by atoms with E-state index in [1.807, 2.05) is 6.07 Å². The maximum Gasteiger partial charge on any atom is 0.349 e. The van der Waals surface area contributed by atoms with Gasteiger partial charge in [-0.2, -0.15) is 4.52 Å². The first-order valence-electron chi connectivity index (χ1n) is 5.60. The average Bonchev–Trinajstić information content (AvgIpc) is 3.08. The summed E-state index contributed by atoms with van der Waals surface area (Å²) in [6.07, 6.45) is 3.14. The van der Waals surface area contributed by atoms with Crippen molar-refractivity contribution in [2.45, 2.75) is 0 Å². The van der Waals surface area contributed by atoms with Crippen LogP contribution in [0.3, 0.4) is 0 Å². The first-order chi connectivity index (χ1) is 9.33. The molecule has 7 nitrogen and oxygen atoms in total. The van der Waals surface area contributed by atoms with Crippen LogP contribution in [0.1, 0.15) is 0 Å². The molecule has 0 saturated carbocycles. The minimum Gasteiger partial charge on any atom is -0.461 e. The second-order valence-corrected chi connectivity index (χ2v) is 3.98. The van der Waals surface area contributed by atoms with Gasteiger partial charge in [-0.05, 0) is 24.3 Å². The largest absolute Gasteiger partial charge is 0.461 e. The lowest BCUT2D eigenvalue weighted by atomic mass is 10.3. The van der Waals surface area contributed by atoms with E-state index in [4.69, 9.17) is 4.42 Å². The third kappa shape index (κ3) is 1.38. The number of aromatic amines is 1. The van der Waals surface area contributed by atoms with Crippen molar-refractivity contribution in [1.82, 2.24) is 24.6 Å². The predicted molar refractivity (Wildman–Crippen MR) is 66.6 cm³/mol. The molecule has 92 valence electrons. The van der Waals surface area contributed by atoms with Gasteiger partial charge in [0, 0.05) is 6.20 Å². The van der Waals surface area contributed by atoms with E-state index in [2.05, 4.69) is 20.1 Å². The summed E-state index contributed by atoms with van der Waals surface area (Å²) in [7, 11) is 0. The van der Waals surface area contributed by atoms with E-state index in [0.717, 1.165) is 5.39 Å². The number of hydrogen-bond donors (Lipinski definition) is 1. The van der Waals surface area contributed by atoms with E-state index in [-0.39, 0.29) is 5.69 Å². The van der Waals surface area contributed by atoms with Crippen LogP contribution in [0, 0.1) is 0 Å². The van der Waals surface area contributed by atoms with Crippen LogP contribution in [0.4, 0.5) is 0 Å². The Balaban J connectivity index is 2.16. The van der Waals surface area contributed by atoms with E-state index in [1.165, 1.54) is 10.8 Å². The minimum atomic E-state index is -0.383. The fourth-order valence-electron chi connectivity index (χ4n) is 1.98. The van der Waals surface area contributed by atoms with Crippen molar-refractivity contribution < 1.29 is 4.42 Å². The van der Waals surface area contributed by atoms with Gasteiger partial charge in [0.2, 0.25) is 5.82 Å².